The van der Waals surface area contributed by atoms with Gasteiger partial charge in [0, 0.05) is 44.2 Å². The summed E-state index contributed by atoms with van der Waals surface area (Å²) in [6.07, 6.45) is 8.97. The van der Waals surface area contributed by atoms with Gasteiger partial charge in [0.05, 0.1) is 6.61 Å². The van der Waals surface area contributed by atoms with Crippen LogP contribution in [0.5, 0.6) is 5.75 Å². The fourth-order valence-corrected chi connectivity index (χ4v) is 4.51. The third kappa shape index (κ3) is 7.16. The van der Waals surface area contributed by atoms with E-state index in [-0.39, 0.29) is 12.5 Å². The van der Waals surface area contributed by atoms with Gasteiger partial charge in [0.2, 0.25) is 5.95 Å². The number of anilines is 1. The Morgan fingerprint density at radius 2 is 1.79 bits per heavy atom. The Bertz CT molecular complexity index is 899. The van der Waals surface area contributed by atoms with Crippen molar-refractivity contribution in [3.8, 4) is 5.75 Å². The largest absolute Gasteiger partial charge is 0.494 e. The van der Waals surface area contributed by atoms with Crippen LogP contribution in [0.3, 0.4) is 0 Å². The molecule has 0 aliphatic carbocycles. The Labute approximate surface area is 204 Å². The Morgan fingerprint density at radius 1 is 1.15 bits per heavy atom. The third-order valence-corrected chi connectivity index (χ3v) is 6.60. The molecule has 2 aromatic rings. The maximum absolute atomic E-state index is 12.4. The van der Waals surface area contributed by atoms with E-state index in [0.717, 1.165) is 61.6 Å². The van der Waals surface area contributed by atoms with Gasteiger partial charge in [-0.15, -0.1) is 0 Å². The van der Waals surface area contributed by atoms with E-state index in [0.29, 0.717) is 37.0 Å². The highest BCUT2D eigenvalue weighted by atomic mass is 16.5. The minimum Gasteiger partial charge on any atom is -0.494 e. The number of carbonyl (C=O) groups is 1. The first kappa shape index (κ1) is 25.9. The second-order valence-corrected chi connectivity index (χ2v) is 9.66. The summed E-state index contributed by atoms with van der Waals surface area (Å²) in [7, 11) is 0. The fourth-order valence-electron chi connectivity index (χ4n) is 4.51. The Balaban J connectivity index is 1.40. The molecule has 34 heavy (non-hydrogen) atoms. The van der Waals surface area contributed by atoms with Crippen LogP contribution in [0.15, 0.2) is 24.5 Å². The second-order valence-electron chi connectivity index (χ2n) is 9.66. The molecule has 7 nitrogen and oxygen atoms in total. The van der Waals surface area contributed by atoms with Gasteiger partial charge in [0.25, 0.3) is 5.91 Å². The average Bonchev–Trinajstić information content (AvgIpc) is 2.82. The van der Waals surface area contributed by atoms with Crippen LogP contribution in [0.1, 0.15) is 78.9 Å². The number of nitrogens with one attached hydrogen (secondary N) is 1. The molecule has 1 aromatic carbocycles. The van der Waals surface area contributed by atoms with Gasteiger partial charge in [-0.25, -0.2) is 9.97 Å². The summed E-state index contributed by atoms with van der Waals surface area (Å²) in [4.78, 5) is 23.8. The average molecular weight is 469 g/mol. The molecule has 2 heterocycles. The zero-order valence-corrected chi connectivity index (χ0v) is 21.1. The second kappa shape index (κ2) is 12.7. The number of aromatic nitrogens is 2. The number of carbonyl (C=O) groups excluding carboxylic acids is 1. The van der Waals surface area contributed by atoms with E-state index in [2.05, 4.69) is 34.0 Å². The van der Waals surface area contributed by atoms with Gasteiger partial charge in [-0.1, -0.05) is 13.8 Å². The number of benzene rings is 1. The first-order valence-electron chi connectivity index (χ1n) is 12.6. The molecule has 186 valence electrons. The van der Waals surface area contributed by atoms with Crippen molar-refractivity contribution in [3.63, 3.8) is 0 Å². The highest BCUT2D eigenvalue weighted by Gasteiger charge is 2.21. The van der Waals surface area contributed by atoms with E-state index in [4.69, 9.17) is 9.84 Å². The van der Waals surface area contributed by atoms with Crippen molar-refractivity contribution in [2.45, 2.75) is 65.7 Å². The SMILES string of the molecule is Cc1cc(OCCCC2CCN(c3ncc(C(C)C)cn3)CC2)cc(C)c1C(=O)NCCCO. The maximum atomic E-state index is 12.4. The molecule has 0 unspecified atom stereocenters. The van der Waals surface area contributed by atoms with Crippen molar-refractivity contribution in [2.75, 3.05) is 37.7 Å². The molecule has 1 saturated heterocycles. The molecular formula is C27H40N4O3. The summed E-state index contributed by atoms with van der Waals surface area (Å²) in [6, 6.07) is 3.88. The minimum absolute atomic E-state index is 0.0742. The summed E-state index contributed by atoms with van der Waals surface area (Å²) in [5.74, 6) is 2.74. The molecule has 0 atom stereocenters. The number of aliphatic hydroxyl groups excluding tert-OH is 1. The monoisotopic (exact) mass is 468 g/mol. The van der Waals surface area contributed by atoms with E-state index < -0.39 is 0 Å². The highest BCUT2D eigenvalue weighted by molar-refractivity contribution is 5.97. The zero-order valence-electron chi connectivity index (χ0n) is 21.1. The van der Waals surface area contributed by atoms with Gasteiger partial charge in [0.15, 0.2) is 0 Å². The Kier molecular flexibility index (Phi) is 9.69. The standard InChI is InChI=1S/C27H40N4O3/c1-19(2)23-17-29-27(30-18-23)31-11-8-22(9-12-31)7-5-14-34-24-15-20(3)25(21(4)16-24)26(33)28-10-6-13-32/h15-19,22,32H,5-14H2,1-4H3,(H,28,33). The van der Waals surface area contributed by atoms with Crippen LogP contribution in [0.4, 0.5) is 5.95 Å². The normalized spacial score (nSPS) is 14.5. The smallest absolute Gasteiger partial charge is 0.251 e. The van der Waals surface area contributed by atoms with Crippen LogP contribution in [0.2, 0.25) is 0 Å². The first-order valence-corrected chi connectivity index (χ1v) is 12.6. The van der Waals surface area contributed by atoms with Crippen molar-refractivity contribution >= 4 is 11.9 Å². The maximum Gasteiger partial charge on any atom is 0.251 e. The van der Waals surface area contributed by atoms with Crippen LogP contribution < -0.4 is 15.0 Å². The lowest BCUT2D eigenvalue weighted by Gasteiger charge is -2.32. The molecule has 0 spiro atoms. The van der Waals surface area contributed by atoms with E-state index in [1.807, 2.05) is 38.4 Å². The van der Waals surface area contributed by atoms with Crippen molar-refractivity contribution in [2.24, 2.45) is 5.92 Å². The van der Waals surface area contributed by atoms with Crippen molar-refractivity contribution in [3.05, 3.63) is 46.8 Å². The topological polar surface area (TPSA) is 87.6 Å². The quantitative estimate of drug-likeness (QED) is 0.475. The highest BCUT2D eigenvalue weighted by Crippen LogP contribution is 2.26. The molecule has 0 bridgehead atoms. The number of hydrogen-bond donors (Lipinski definition) is 2. The van der Waals surface area contributed by atoms with Gasteiger partial charge in [0.1, 0.15) is 5.75 Å². The summed E-state index contributed by atoms with van der Waals surface area (Å²) in [6.45, 7) is 11.4. The van der Waals surface area contributed by atoms with Crippen molar-refractivity contribution < 1.29 is 14.6 Å². The van der Waals surface area contributed by atoms with E-state index in [1.165, 1.54) is 5.56 Å². The predicted octanol–water partition coefficient (Wildman–Crippen LogP) is 4.40. The number of rotatable bonds is 11. The molecule has 3 rings (SSSR count). The third-order valence-electron chi connectivity index (χ3n) is 6.60. The first-order chi connectivity index (χ1) is 16.4. The lowest BCUT2D eigenvalue weighted by Crippen LogP contribution is -2.35. The molecular weight excluding hydrogens is 428 g/mol. The molecule has 0 radical (unpaired) electrons. The minimum atomic E-state index is -0.0948. The predicted molar refractivity (Wildman–Crippen MR) is 136 cm³/mol. The van der Waals surface area contributed by atoms with Gasteiger partial charge in [-0.2, -0.15) is 0 Å². The van der Waals surface area contributed by atoms with Crippen LogP contribution in [-0.2, 0) is 0 Å². The molecule has 1 amide bonds. The molecule has 2 N–H and O–H groups in total. The lowest BCUT2D eigenvalue weighted by molar-refractivity contribution is 0.0950. The van der Waals surface area contributed by atoms with E-state index in [9.17, 15) is 4.79 Å². The molecule has 1 aromatic heterocycles. The molecule has 0 saturated carbocycles. The number of nitrogens with zero attached hydrogens (tertiary/aromatic N) is 3. The van der Waals surface area contributed by atoms with E-state index in [1.54, 1.807) is 0 Å². The number of ether oxygens (including phenoxy) is 1. The molecule has 1 aliphatic heterocycles. The van der Waals surface area contributed by atoms with Crippen LogP contribution in [0, 0.1) is 19.8 Å². The number of hydrogen-bond acceptors (Lipinski definition) is 6. The van der Waals surface area contributed by atoms with Crippen molar-refractivity contribution in [1.82, 2.24) is 15.3 Å². The molecule has 1 fully saturated rings. The van der Waals surface area contributed by atoms with Crippen LogP contribution in [-0.4, -0.2) is 53.8 Å². The number of aryl methyl sites for hydroxylation is 2. The van der Waals surface area contributed by atoms with Gasteiger partial charge < -0.3 is 20.1 Å². The summed E-state index contributed by atoms with van der Waals surface area (Å²) in [5.41, 5.74) is 3.69. The van der Waals surface area contributed by atoms with Crippen molar-refractivity contribution in [1.29, 1.82) is 0 Å². The molecule has 7 heteroatoms. The number of aliphatic hydroxyl groups is 1. The number of amides is 1. The summed E-state index contributed by atoms with van der Waals surface area (Å²) < 4.78 is 6.02. The van der Waals surface area contributed by atoms with Crippen LogP contribution in [0.25, 0.3) is 0 Å². The van der Waals surface area contributed by atoms with E-state index >= 15 is 0 Å². The Morgan fingerprint density at radius 3 is 2.38 bits per heavy atom. The van der Waals surface area contributed by atoms with Gasteiger partial charge in [-0.3, -0.25) is 4.79 Å². The van der Waals surface area contributed by atoms with Crippen LogP contribution >= 0.6 is 0 Å². The van der Waals surface area contributed by atoms with Gasteiger partial charge in [-0.05, 0) is 86.6 Å². The fraction of sp³-hybridized carbons (Fsp3) is 0.593. The summed E-state index contributed by atoms with van der Waals surface area (Å²) in [5, 5.41) is 11.7. The molecule has 1 aliphatic rings. The van der Waals surface area contributed by atoms with Gasteiger partial charge >= 0.3 is 0 Å². The summed E-state index contributed by atoms with van der Waals surface area (Å²) >= 11 is 0. The zero-order chi connectivity index (χ0) is 24.5. The lowest BCUT2D eigenvalue weighted by atomic mass is 9.92. The number of piperidine rings is 1. The Hall–Kier alpha value is -2.67.